The van der Waals surface area contributed by atoms with Crippen LogP contribution in [0.15, 0.2) is 23.8 Å². The fraction of sp³-hybridized carbons (Fsp3) is 0.655. The highest BCUT2D eigenvalue weighted by atomic mass is 32.2. The SMILES string of the molecule is [2H]B(C)S.[2H]B(C)S.[2H]B(C)S.[2H]B([3H])CSOc1cc(/C=C(\C)C(=O)N[C@H]2[C@@H](OSCB([2H])[3H])[C@@H]3OCO[C@@H]3[C@H](O[3H])[C@H]2O[3H])ccc1O[C@@H]1O[C@H](C(C)=O)[C@@H](OSCB([2H])[3H])[C@@H]1O[3H]. The standard InChI is InChI=1S/C26H38B3NO12S3.3CH5BS/c1-11(25(35)30-16-17(32)18(33)22-24(37-10-36-22)21(16)41-44-8-28)5-13-3-4-14(15(6-13)40-43-7-27)38-26-19(34)23(42-45-9-29)20(39-26)12(2)31;3*1-2-3/h3-6,16-24,26,32-34H,7-10,27-29H2,1-2H3,(H,30,35);3*2-3H,1H3/b11-5+;;;/t16-,17+,18-,19+,20-,21-,22-,23+,24+,26-;;;/m1.../s1/i27TD,28TD,29TD,32T,33T,34T;3*2D. The predicted molar refractivity (Wildman–Crippen MR) is 244 cm³/mol. The second-order valence-corrected chi connectivity index (χ2v) is 14.6. The summed E-state index contributed by atoms with van der Waals surface area (Å²) in [5, 5.41) is 17.4. The zero-order chi connectivity index (χ0) is 50.3. The number of carbonyl (C=O) groups is 2. The second kappa shape index (κ2) is 29.1. The molecule has 13 nitrogen and oxygen atoms in total. The van der Waals surface area contributed by atoms with Gasteiger partial charge in [-0.05, 0) is 85.0 Å². The highest BCUT2D eigenvalue weighted by Crippen LogP contribution is 2.37. The van der Waals surface area contributed by atoms with Crippen LogP contribution in [0.3, 0.4) is 0 Å². The first-order chi connectivity index (χ1) is 31.0. The van der Waals surface area contributed by atoms with E-state index >= 15 is 0 Å². The summed E-state index contributed by atoms with van der Waals surface area (Å²) in [6.07, 6.45) is -8.45. The molecule has 3 aliphatic rings. The Morgan fingerprint density at radius 2 is 1.57 bits per heavy atom. The van der Waals surface area contributed by atoms with Gasteiger partial charge in [0, 0.05) is 23.3 Å². The van der Waals surface area contributed by atoms with Gasteiger partial charge in [0.25, 0.3) is 0 Å². The normalized spacial score (nSPS) is 31.1. The molecule has 2 saturated heterocycles. The van der Waals surface area contributed by atoms with Crippen LogP contribution in [0.25, 0.3) is 6.08 Å². The van der Waals surface area contributed by atoms with Crippen molar-refractivity contribution in [2.75, 3.05) is 23.7 Å². The van der Waals surface area contributed by atoms with Gasteiger partial charge < -0.3 is 52.1 Å². The lowest BCUT2D eigenvalue weighted by molar-refractivity contribution is -0.147. The molecule has 300 valence electrons. The molecule has 1 amide bonds. The Balaban J connectivity index is 0.00000162. The van der Waals surface area contributed by atoms with Gasteiger partial charge in [0.1, 0.15) is 78.9 Å². The van der Waals surface area contributed by atoms with Gasteiger partial charge in [-0.3, -0.25) is 9.59 Å². The number of Topliss-reactive ketones (excluding diaryl/α,β-unsaturated/α-hetero) is 1. The third kappa shape index (κ3) is 16.3. The number of amides is 1. The van der Waals surface area contributed by atoms with Crippen LogP contribution < -0.4 is 14.2 Å². The van der Waals surface area contributed by atoms with Crippen LogP contribution in [-0.2, 0) is 32.2 Å². The molecule has 25 heteroatoms. The van der Waals surface area contributed by atoms with Crippen LogP contribution in [0.2, 0.25) is 20.5 Å². The highest BCUT2D eigenvalue weighted by Gasteiger charge is 2.55. The number of hydrogen-bond acceptors (Lipinski definition) is 18. The van der Waals surface area contributed by atoms with Crippen molar-refractivity contribution in [3.63, 3.8) is 0 Å². The predicted octanol–water partition coefficient (Wildman–Crippen LogP) is -1.08. The lowest BCUT2D eigenvalue weighted by Gasteiger charge is -2.43. The molecule has 1 aliphatic carbocycles. The van der Waals surface area contributed by atoms with Gasteiger partial charge in [0.2, 0.25) is 16.5 Å². The Kier molecular flexibility index (Phi) is 18.7. The smallest absolute Gasteiger partial charge is 0.247 e. The van der Waals surface area contributed by atoms with E-state index in [-0.39, 0.29) is 60.4 Å². The van der Waals surface area contributed by atoms with E-state index in [0.717, 1.165) is 36.1 Å². The van der Waals surface area contributed by atoms with Crippen LogP contribution in [0.5, 0.6) is 11.5 Å². The maximum Gasteiger partial charge on any atom is 0.247 e. The summed E-state index contributed by atoms with van der Waals surface area (Å²) in [5.41, 5.74) is 0.476. The van der Waals surface area contributed by atoms with Gasteiger partial charge in [-0.1, -0.05) is 26.5 Å². The monoisotopic (exact) mass is 883 g/mol. The minimum absolute atomic E-state index is 0.0278. The number of fused-ring (bicyclic) bond motifs is 1. The number of ether oxygens (including phenoxy) is 4. The Labute approximate surface area is 370 Å². The molecule has 0 unspecified atom stereocenters. The highest BCUT2D eigenvalue weighted by molar-refractivity contribution is 8.07. The number of hydrogen-bond donors (Lipinski definition) is 7. The molecule has 0 aromatic heterocycles. The molecule has 54 heavy (non-hydrogen) atoms. The molecule has 2 aliphatic heterocycles. The number of thiol groups is 3. The molecule has 2 heterocycles. The molecule has 0 bridgehead atoms. The summed E-state index contributed by atoms with van der Waals surface area (Å²) in [6.45, 7) is 7.04. The summed E-state index contributed by atoms with van der Waals surface area (Å²) in [5.74, 6) is -0.936. The second-order valence-electron chi connectivity index (χ2n) is 10.8. The van der Waals surface area contributed by atoms with Crippen molar-refractivity contribution in [2.24, 2.45) is 0 Å². The van der Waals surface area contributed by atoms with Crippen LogP contribution in [0, 0.1) is 0 Å². The quantitative estimate of drug-likeness (QED) is 0.0344. The number of benzene rings is 1. The summed E-state index contributed by atoms with van der Waals surface area (Å²) < 4.78 is 127. The topological polar surface area (TPSA) is 171 Å². The first-order valence-corrected chi connectivity index (χ1v) is 20.5. The molecule has 0 spiro atoms. The molecule has 1 aromatic carbocycles. The van der Waals surface area contributed by atoms with Crippen molar-refractivity contribution < 1.29 is 56.4 Å². The van der Waals surface area contributed by atoms with Gasteiger partial charge in [-0.15, -0.1) is 0 Å². The van der Waals surface area contributed by atoms with E-state index in [1.54, 1.807) is 26.5 Å². The van der Waals surface area contributed by atoms with E-state index in [0.29, 0.717) is 5.56 Å². The van der Waals surface area contributed by atoms with Crippen molar-refractivity contribution in [1.29, 1.82) is 16.3 Å². The average molecular weight is 883 g/mol. The Morgan fingerprint density at radius 3 is 2.17 bits per heavy atom. The van der Waals surface area contributed by atoms with Gasteiger partial charge in [-0.25, -0.2) is 37.4 Å². The van der Waals surface area contributed by atoms with Crippen LogP contribution in [-0.4, -0.2) is 171 Å². The molecule has 10 atom stereocenters. The minimum atomic E-state index is -1.35. The first kappa shape index (κ1) is 34.7. The van der Waals surface area contributed by atoms with Crippen LogP contribution >= 0.6 is 73.6 Å². The van der Waals surface area contributed by atoms with Crippen LogP contribution in [0.4, 0.5) is 0 Å². The summed E-state index contributed by atoms with van der Waals surface area (Å²) in [4.78, 5) is 26.0. The van der Waals surface area contributed by atoms with E-state index in [4.69, 9.17) is 63.1 Å². The summed E-state index contributed by atoms with van der Waals surface area (Å²) in [6, 6.07) is 3.43. The zero-order valence-electron chi connectivity index (χ0n) is 42.3. The molecular weight excluding hydrogens is 812 g/mol. The summed E-state index contributed by atoms with van der Waals surface area (Å²) in [7, 11) is -3.62. The number of aliphatic hydroxyl groups is 3. The van der Waals surface area contributed by atoms with Crippen molar-refractivity contribution in [3.05, 3.63) is 29.3 Å². The number of rotatable bonds is 21. The van der Waals surface area contributed by atoms with E-state index in [1.165, 1.54) is 32.1 Å². The maximum atomic E-state index is 13.6. The van der Waals surface area contributed by atoms with Gasteiger partial charge >= 0.3 is 0 Å². The van der Waals surface area contributed by atoms with E-state index < -0.39 is 96.2 Å². The maximum absolute atomic E-state index is 13.6. The molecule has 1 aromatic rings. The first-order valence-electron chi connectivity index (χ1n) is 22.7. The van der Waals surface area contributed by atoms with Crippen molar-refractivity contribution in [2.45, 2.75) is 95.5 Å². The lowest BCUT2D eigenvalue weighted by atomic mass is 9.83. The van der Waals surface area contributed by atoms with E-state index in [2.05, 4.69) is 42.8 Å². The fourth-order valence-electron chi connectivity index (χ4n) is 4.98. The molecule has 0 radical (unpaired) electrons. The number of ketones is 1. The lowest BCUT2D eigenvalue weighted by Crippen LogP contribution is -2.67. The molecular formula is C29H53B6NO12S6. The molecule has 1 saturated carbocycles. The van der Waals surface area contributed by atoms with Crippen LogP contribution in [0.1, 0.15) is 19.4 Å². The third-order valence-electron chi connectivity index (χ3n) is 7.06. The van der Waals surface area contributed by atoms with Crippen molar-refractivity contribution >= 4 is 134 Å². The summed E-state index contributed by atoms with van der Waals surface area (Å²) >= 11 is 13.3. The van der Waals surface area contributed by atoms with E-state index in [9.17, 15) is 9.59 Å². The Hall–Kier alpha value is -0.130. The number of carbonyl (C=O) groups excluding carboxylic acids is 2. The van der Waals surface area contributed by atoms with Gasteiger partial charge in [0.15, 0.2) is 36.8 Å². The van der Waals surface area contributed by atoms with Gasteiger partial charge in [-0.2, -0.15) is 0 Å². The zero-order valence-corrected chi connectivity index (χ0v) is 35.5. The molecule has 4 N–H and O–H groups in total. The molecule has 3 fully saturated rings. The van der Waals surface area contributed by atoms with Crippen molar-refractivity contribution in [3.8, 4) is 11.5 Å². The van der Waals surface area contributed by atoms with Gasteiger partial charge in [0.05, 0.1) is 6.04 Å². The minimum Gasteiger partial charge on any atom is -0.458 e. The average Bonchev–Trinajstić information content (AvgIpc) is 3.83. The molecule has 4 rings (SSSR count). The Bertz CT molecular complexity index is 1580. The van der Waals surface area contributed by atoms with Crippen molar-refractivity contribution in [1.82, 2.24) is 5.32 Å². The van der Waals surface area contributed by atoms with E-state index in [1.807, 2.05) is 0 Å². The third-order valence-corrected chi connectivity index (χ3v) is 8.48. The number of nitrogens with one attached hydrogen (secondary N) is 1. The fourth-order valence-corrected chi connectivity index (χ4v) is 6.22. The largest absolute Gasteiger partial charge is 0.458 e. The number of aliphatic hydroxyl groups excluding tert-OH is 3. The Morgan fingerprint density at radius 1 is 0.981 bits per heavy atom.